The minimum atomic E-state index is -1.48. The van der Waals surface area contributed by atoms with Gasteiger partial charge < -0.3 is 15.9 Å². The van der Waals surface area contributed by atoms with E-state index in [4.69, 9.17) is 15.9 Å². The Morgan fingerprint density at radius 1 is 1.29 bits per heavy atom. The number of hydrogen-bond acceptors (Lipinski definition) is 3. The lowest BCUT2D eigenvalue weighted by Gasteiger charge is -2.20. The van der Waals surface area contributed by atoms with Gasteiger partial charge in [0.1, 0.15) is 5.41 Å². The molecule has 0 saturated carbocycles. The van der Waals surface area contributed by atoms with Crippen LogP contribution in [0.15, 0.2) is 0 Å². The molecule has 0 aliphatic heterocycles. The SMILES string of the molecule is CC(CCCCCO)(C(N)=O)C(=O)O. The van der Waals surface area contributed by atoms with Crippen molar-refractivity contribution < 1.29 is 19.8 Å². The number of aliphatic hydroxyl groups is 1. The Labute approximate surface area is 82.9 Å². The zero-order chi connectivity index (χ0) is 11.2. The fourth-order valence-corrected chi connectivity index (χ4v) is 1.10. The van der Waals surface area contributed by atoms with Crippen LogP contribution in [-0.2, 0) is 9.59 Å². The molecular formula is C9H17NO4. The lowest BCUT2D eigenvalue weighted by Crippen LogP contribution is -2.41. The Bertz CT molecular complexity index is 201. The molecule has 0 heterocycles. The number of aliphatic carboxylic acids is 1. The molecule has 0 fully saturated rings. The largest absolute Gasteiger partial charge is 0.480 e. The van der Waals surface area contributed by atoms with Crippen LogP contribution in [0.2, 0.25) is 0 Å². The highest BCUT2D eigenvalue weighted by molar-refractivity contribution is 6.00. The number of rotatable bonds is 7. The van der Waals surface area contributed by atoms with Gasteiger partial charge in [0.05, 0.1) is 0 Å². The predicted octanol–water partition coefficient (Wildman–Crippen LogP) is 0.115. The summed E-state index contributed by atoms with van der Waals surface area (Å²) in [5.74, 6) is -2.00. The van der Waals surface area contributed by atoms with Gasteiger partial charge in [0, 0.05) is 6.61 Å². The quantitative estimate of drug-likeness (QED) is 0.404. The van der Waals surface area contributed by atoms with Crippen molar-refractivity contribution in [2.45, 2.75) is 32.6 Å². The van der Waals surface area contributed by atoms with Gasteiger partial charge in [0.2, 0.25) is 5.91 Å². The number of carbonyl (C=O) groups excluding carboxylic acids is 1. The minimum absolute atomic E-state index is 0.0837. The second-order valence-corrected chi connectivity index (χ2v) is 3.54. The predicted molar refractivity (Wildman–Crippen MR) is 50.5 cm³/mol. The highest BCUT2D eigenvalue weighted by atomic mass is 16.4. The summed E-state index contributed by atoms with van der Waals surface area (Å²) >= 11 is 0. The highest BCUT2D eigenvalue weighted by Gasteiger charge is 2.38. The van der Waals surface area contributed by atoms with Crippen LogP contribution < -0.4 is 5.73 Å². The number of amides is 1. The van der Waals surface area contributed by atoms with E-state index in [1.165, 1.54) is 6.92 Å². The van der Waals surface area contributed by atoms with Crippen molar-refractivity contribution in [1.82, 2.24) is 0 Å². The van der Waals surface area contributed by atoms with Crippen molar-refractivity contribution >= 4 is 11.9 Å². The fraction of sp³-hybridized carbons (Fsp3) is 0.778. The number of carboxylic acids is 1. The van der Waals surface area contributed by atoms with E-state index in [-0.39, 0.29) is 13.0 Å². The third-order valence-electron chi connectivity index (χ3n) is 2.35. The summed E-state index contributed by atoms with van der Waals surface area (Å²) in [6.07, 6.45) is 2.12. The second kappa shape index (κ2) is 5.59. The molecule has 0 saturated heterocycles. The summed E-state index contributed by atoms with van der Waals surface area (Å²) in [5, 5.41) is 17.3. The third kappa shape index (κ3) is 3.33. The lowest BCUT2D eigenvalue weighted by molar-refractivity contribution is -0.154. The molecule has 0 aromatic heterocycles. The molecule has 0 radical (unpaired) electrons. The summed E-state index contributed by atoms with van der Waals surface area (Å²) in [4.78, 5) is 21.7. The van der Waals surface area contributed by atoms with E-state index in [0.717, 1.165) is 0 Å². The average Bonchev–Trinajstić information content (AvgIpc) is 2.11. The summed E-state index contributed by atoms with van der Waals surface area (Å²) in [6, 6.07) is 0. The Hall–Kier alpha value is -1.10. The molecule has 0 aliphatic rings. The van der Waals surface area contributed by atoms with Gasteiger partial charge in [0.15, 0.2) is 0 Å². The molecule has 5 heteroatoms. The first-order valence-electron chi connectivity index (χ1n) is 4.59. The van der Waals surface area contributed by atoms with E-state index in [9.17, 15) is 9.59 Å². The van der Waals surface area contributed by atoms with Crippen molar-refractivity contribution in [3.8, 4) is 0 Å². The average molecular weight is 203 g/mol. The van der Waals surface area contributed by atoms with Crippen molar-refractivity contribution in [2.24, 2.45) is 11.1 Å². The Kier molecular flexibility index (Phi) is 5.15. The van der Waals surface area contributed by atoms with Gasteiger partial charge in [-0.2, -0.15) is 0 Å². The van der Waals surface area contributed by atoms with E-state index in [2.05, 4.69) is 0 Å². The van der Waals surface area contributed by atoms with Gasteiger partial charge >= 0.3 is 5.97 Å². The monoisotopic (exact) mass is 203 g/mol. The molecule has 1 atom stereocenters. The van der Waals surface area contributed by atoms with Crippen LogP contribution in [-0.4, -0.2) is 28.7 Å². The number of nitrogens with two attached hydrogens (primary N) is 1. The molecular weight excluding hydrogens is 186 g/mol. The van der Waals surface area contributed by atoms with Crippen LogP contribution in [0.25, 0.3) is 0 Å². The molecule has 1 unspecified atom stereocenters. The van der Waals surface area contributed by atoms with Crippen LogP contribution in [0.4, 0.5) is 0 Å². The Morgan fingerprint density at radius 2 is 1.86 bits per heavy atom. The first kappa shape index (κ1) is 12.9. The highest BCUT2D eigenvalue weighted by Crippen LogP contribution is 2.24. The molecule has 5 nitrogen and oxygen atoms in total. The first-order valence-corrected chi connectivity index (χ1v) is 4.59. The van der Waals surface area contributed by atoms with Crippen molar-refractivity contribution in [3.05, 3.63) is 0 Å². The summed E-state index contributed by atoms with van der Waals surface area (Å²) in [5.41, 5.74) is 3.54. The third-order valence-corrected chi connectivity index (χ3v) is 2.35. The first-order chi connectivity index (χ1) is 6.45. The van der Waals surface area contributed by atoms with E-state index < -0.39 is 17.3 Å². The number of carboxylic acid groups (broad SMARTS) is 1. The van der Waals surface area contributed by atoms with Crippen LogP contribution in [0.3, 0.4) is 0 Å². The molecule has 1 amide bonds. The second-order valence-electron chi connectivity index (χ2n) is 3.54. The minimum Gasteiger partial charge on any atom is -0.480 e. The van der Waals surface area contributed by atoms with Gasteiger partial charge in [-0.1, -0.05) is 12.8 Å². The molecule has 0 spiro atoms. The fourth-order valence-electron chi connectivity index (χ4n) is 1.10. The van der Waals surface area contributed by atoms with Crippen molar-refractivity contribution in [1.29, 1.82) is 0 Å². The summed E-state index contributed by atoms with van der Waals surface area (Å²) in [6.45, 7) is 1.41. The number of aliphatic hydroxyl groups excluding tert-OH is 1. The van der Waals surface area contributed by atoms with Crippen LogP contribution >= 0.6 is 0 Å². The number of unbranched alkanes of at least 4 members (excludes halogenated alkanes) is 2. The van der Waals surface area contributed by atoms with Crippen LogP contribution in [0, 0.1) is 5.41 Å². The van der Waals surface area contributed by atoms with E-state index in [1.54, 1.807) is 0 Å². The molecule has 0 bridgehead atoms. The standard InChI is InChI=1S/C9H17NO4/c1-9(7(10)12,8(13)14)5-3-2-4-6-11/h11H,2-6H2,1H3,(H2,10,12)(H,13,14). The van der Waals surface area contributed by atoms with Gasteiger partial charge in [0.25, 0.3) is 0 Å². The maximum Gasteiger partial charge on any atom is 0.318 e. The molecule has 0 aliphatic carbocycles. The topological polar surface area (TPSA) is 101 Å². The van der Waals surface area contributed by atoms with Gasteiger partial charge in [-0.05, 0) is 19.8 Å². The zero-order valence-electron chi connectivity index (χ0n) is 8.32. The van der Waals surface area contributed by atoms with E-state index in [1.807, 2.05) is 0 Å². The van der Waals surface area contributed by atoms with E-state index >= 15 is 0 Å². The number of primary amides is 1. The summed E-state index contributed by atoms with van der Waals surface area (Å²) < 4.78 is 0. The molecule has 0 rings (SSSR count). The Balaban J connectivity index is 4.12. The van der Waals surface area contributed by atoms with E-state index in [0.29, 0.717) is 19.3 Å². The zero-order valence-corrected chi connectivity index (χ0v) is 8.32. The smallest absolute Gasteiger partial charge is 0.318 e. The molecule has 4 N–H and O–H groups in total. The van der Waals surface area contributed by atoms with Gasteiger partial charge in [-0.3, -0.25) is 9.59 Å². The maximum atomic E-state index is 10.9. The molecule has 82 valence electrons. The maximum absolute atomic E-state index is 10.9. The Morgan fingerprint density at radius 3 is 2.21 bits per heavy atom. The number of hydrogen-bond donors (Lipinski definition) is 3. The van der Waals surface area contributed by atoms with Gasteiger partial charge in [-0.15, -0.1) is 0 Å². The van der Waals surface area contributed by atoms with Crippen molar-refractivity contribution in [2.75, 3.05) is 6.61 Å². The normalized spacial score (nSPS) is 14.7. The molecule has 14 heavy (non-hydrogen) atoms. The van der Waals surface area contributed by atoms with Crippen molar-refractivity contribution in [3.63, 3.8) is 0 Å². The lowest BCUT2D eigenvalue weighted by atomic mass is 9.84. The van der Waals surface area contributed by atoms with Crippen LogP contribution in [0.1, 0.15) is 32.6 Å². The molecule has 0 aromatic rings. The van der Waals surface area contributed by atoms with Crippen LogP contribution in [0.5, 0.6) is 0 Å². The number of carbonyl (C=O) groups is 2. The molecule has 0 aromatic carbocycles. The summed E-state index contributed by atoms with van der Waals surface area (Å²) in [7, 11) is 0. The van der Waals surface area contributed by atoms with Gasteiger partial charge in [-0.25, -0.2) is 0 Å².